The van der Waals surface area contributed by atoms with Crippen molar-refractivity contribution in [3.8, 4) is 0 Å². The van der Waals surface area contributed by atoms with Crippen LogP contribution in [0.3, 0.4) is 0 Å². The molecule has 22 heavy (non-hydrogen) atoms. The van der Waals surface area contributed by atoms with Gasteiger partial charge in [0, 0.05) is 39.6 Å². The molecule has 0 fully saturated rings. The highest BCUT2D eigenvalue weighted by molar-refractivity contribution is 7.84. The van der Waals surface area contributed by atoms with E-state index in [1.807, 2.05) is 31.2 Å². The monoisotopic (exact) mass is 335 g/mol. The van der Waals surface area contributed by atoms with E-state index in [1.54, 1.807) is 42.5 Å². The third kappa shape index (κ3) is 3.76. The quantitative estimate of drug-likeness (QED) is 0.849. The summed E-state index contributed by atoms with van der Waals surface area (Å²) in [7, 11) is 0.722. The molecule has 1 amide bonds. The number of hydrogen-bond acceptors (Lipinski definition) is 2. The maximum Gasteiger partial charge on any atom is 0.254 e. The molecule has 0 aromatic heterocycles. The predicted octanol–water partition coefficient (Wildman–Crippen LogP) is 3.91. The summed E-state index contributed by atoms with van der Waals surface area (Å²) in [4.78, 5) is 14.9. The van der Waals surface area contributed by atoms with Crippen LogP contribution >= 0.6 is 11.6 Å². The zero-order valence-corrected chi connectivity index (χ0v) is 14.3. The number of nitrogens with zero attached hydrogens (tertiary/aromatic N) is 1. The van der Waals surface area contributed by atoms with Crippen LogP contribution in [-0.4, -0.2) is 28.3 Å². The molecule has 0 spiro atoms. The molecule has 0 saturated heterocycles. The van der Waals surface area contributed by atoms with Gasteiger partial charge in [-0.1, -0.05) is 23.7 Å². The van der Waals surface area contributed by atoms with Gasteiger partial charge >= 0.3 is 0 Å². The second-order valence-electron chi connectivity index (χ2n) is 5.13. The summed E-state index contributed by atoms with van der Waals surface area (Å²) in [6.07, 6.45) is 1.62. The maximum absolute atomic E-state index is 12.5. The Morgan fingerprint density at radius 3 is 2.36 bits per heavy atom. The van der Waals surface area contributed by atoms with E-state index in [0.29, 0.717) is 15.5 Å². The zero-order valence-electron chi connectivity index (χ0n) is 12.7. The van der Waals surface area contributed by atoms with E-state index in [0.717, 1.165) is 5.56 Å². The molecule has 0 unspecified atom stereocenters. The van der Waals surface area contributed by atoms with Crippen molar-refractivity contribution >= 4 is 28.3 Å². The third-order valence-corrected chi connectivity index (χ3v) is 4.84. The van der Waals surface area contributed by atoms with Gasteiger partial charge < -0.3 is 4.90 Å². The molecule has 0 aliphatic carbocycles. The number of amides is 1. The van der Waals surface area contributed by atoms with Crippen LogP contribution in [0.25, 0.3) is 0 Å². The summed E-state index contributed by atoms with van der Waals surface area (Å²) < 4.78 is 11.4. The molecule has 2 aromatic carbocycles. The molecule has 0 bridgehead atoms. The van der Waals surface area contributed by atoms with Gasteiger partial charge in [-0.2, -0.15) is 0 Å². The first-order valence-electron chi connectivity index (χ1n) is 6.86. The van der Waals surface area contributed by atoms with Gasteiger partial charge in [-0.25, -0.2) is 0 Å². The second kappa shape index (κ2) is 7.07. The smallest absolute Gasteiger partial charge is 0.254 e. The van der Waals surface area contributed by atoms with Crippen LogP contribution in [0, 0.1) is 0 Å². The first-order valence-corrected chi connectivity index (χ1v) is 8.80. The van der Waals surface area contributed by atoms with Crippen LogP contribution in [0.1, 0.15) is 28.9 Å². The standard InChI is InChI=1S/C17H18ClNO2S/c1-12(14-5-4-6-15(18)11-14)19(2)17(20)13-7-9-16(10-8-13)22(3)21/h4-12H,1-3H3/t12-,22+/m1/s1. The highest BCUT2D eigenvalue weighted by Crippen LogP contribution is 2.23. The molecule has 0 N–H and O–H groups in total. The Balaban J connectivity index is 2.19. The molecule has 2 rings (SSSR count). The van der Waals surface area contributed by atoms with Crippen LogP contribution in [0.4, 0.5) is 0 Å². The molecule has 0 heterocycles. The lowest BCUT2D eigenvalue weighted by Gasteiger charge is -2.25. The second-order valence-corrected chi connectivity index (χ2v) is 6.94. The Hall–Kier alpha value is -1.65. The van der Waals surface area contributed by atoms with Crippen molar-refractivity contribution in [1.29, 1.82) is 0 Å². The fourth-order valence-electron chi connectivity index (χ4n) is 2.16. The van der Waals surface area contributed by atoms with E-state index in [4.69, 9.17) is 11.6 Å². The van der Waals surface area contributed by atoms with Crippen LogP contribution in [0.15, 0.2) is 53.4 Å². The first-order chi connectivity index (χ1) is 10.4. The zero-order chi connectivity index (χ0) is 16.3. The molecule has 2 atom stereocenters. The van der Waals surface area contributed by atoms with Gasteiger partial charge in [0.1, 0.15) is 0 Å². The summed E-state index contributed by atoms with van der Waals surface area (Å²) >= 11 is 6.00. The average molecular weight is 336 g/mol. The largest absolute Gasteiger partial charge is 0.335 e. The first kappa shape index (κ1) is 16.7. The SMILES string of the molecule is C[C@H](c1cccc(Cl)c1)N(C)C(=O)c1ccc([S@](C)=O)cc1. The van der Waals surface area contributed by atoms with Gasteiger partial charge in [-0.05, 0) is 48.9 Å². The van der Waals surface area contributed by atoms with Crippen molar-refractivity contribution < 1.29 is 9.00 Å². The fourth-order valence-corrected chi connectivity index (χ4v) is 2.88. The van der Waals surface area contributed by atoms with Gasteiger partial charge in [0.2, 0.25) is 0 Å². The number of carbonyl (C=O) groups is 1. The van der Waals surface area contributed by atoms with Crippen molar-refractivity contribution in [2.24, 2.45) is 0 Å². The highest BCUT2D eigenvalue weighted by atomic mass is 35.5. The van der Waals surface area contributed by atoms with Crippen LogP contribution in [-0.2, 0) is 10.8 Å². The number of hydrogen-bond donors (Lipinski definition) is 0. The maximum atomic E-state index is 12.5. The van der Waals surface area contributed by atoms with Gasteiger partial charge in [0.05, 0.1) is 6.04 Å². The summed E-state index contributed by atoms with van der Waals surface area (Å²) in [5.74, 6) is -0.0825. The van der Waals surface area contributed by atoms with E-state index >= 15 is 0 Å². The fraction of sp³-hybridized carbons (Fsp3) is 0.235. The molecule has 116 valence electrons. The molecule has 0 aliphatic heterocycles. The summed E-state index contributed by atoms with van der Waals surface area (Å²) in [5.41, 5.74) is 1.56. The molecule has 2 aromatic rings. The Morgan fingerprint density at radius 1 is 1.18 bits per heavy atom. The number of halogens is 1. The summed E-state index contributed by atoms with van der Waals surface area (Å²) in [6.45, 7) is 1.96. The minimum atomic E-state index is -1.04. The molecule has 0 aliphatic rings. The van der Waals surface area contributed by atoms with E-state index in [9.17, 15) is 9.00 Å². The van der Waals surface area contributed by atoms with Gasteiger partial charge in [-0.3, -0.25) is 9.00 Å². The van der Waals surface area contributed by atoms with Crippen molar-refractivity contribution in [2.75, 3.05) is 13.3 Å². The van der Waals surface area contributed by atoms with Crippen molar-refractivity contribution in [1.82, 2.24) is 4.90 Å². The van der Waals surface area contributed by atoms with E-state index < -0.39 is 10.8 Å². The minimum Gasteiger partial charge on any atom is -0.335 e. The lowest BCUT2D eigenvalue weighted by Crippen LogP contribution is -2.29. The Kier molecular flexibility index (Phi) is 5.37. The van der Waals surface area contributed by atoms with Crippen LogP contribution in [0.5, 0.6) is 0 Å². The molecule has 0 radical (unpaired) electrons. The number of rotatable bonds is 4. The predicted molar refractivity (Wildman–Crippen MR) is 90.7 cm³/mol. The Morgan fingerprint density at radius 2 is 1.82 bits per heavy atom. The van der Waals surface area contributed by atoms with Crippen LogP contribution in [0.2, 0.25) is 5.02 Å². The third-order valence-electron chi connectivity index (χ3n) is 3.67. The van der Waals surface area contributed by atoms with E-state index in [2.05, 4.69) is 0 Å². The van der Waals surface area contributed by atoms with E-state index in [-0.39, 0.29) is 11.9 Å². The van der Waals surface area contributed by atoms with Crippen molar-refractivity contribution in [2.45, 2.75) is 17.9 Å². The summed E-state index contributed by atoms with van der Waals surface area (Å²) in [6, 6.07) is 14.3. The Labute approximate surface area is 138 Å². The molecule has 5 heteroatoms. The van der Waals surface area contributed by atoms with E-state index in [1.165, 1.54) is 0 Å². The topological polar surface area (TPSA) is 37.4 Å². The molecular weight excluding hydrogens is 318 g/mol. The van der Waals surface area contributed by atoms with Crippen molar-refractivity contribution in [3.63, 3.8) is 0 Å². The van der Waals surface area contributed by atoms with Gasteiger partial charge in [-0.15, -0.1) is 0 Å². The number of benzene rings is 2. The molecular formula is C17H18ClNO2S. The Bertz CT molecular complexity index is 700. The molecule has 0 saturated carbocycles. The molecule has 3 nitrogen and oxygen atoms in total. The average Bonchev–Trinajstić information content (AvgIpc) is 2.52. The normalized spacial score (nSPS) is 13.5. The van der Waals surface area contributed by atoms with Crippen LogP contribution < -0.4 is 0 Å². The lowest BCUT2D eigenvalue weighted by atomic mass is 10.1. The van der Waals surface area contributed by atoms with Crippen molar-refractivity contribution in [3.05, 3.63) is 64.7 Å². The van der Waals surface area contributed by atoms with Gasteiger partial charge in [0.25, 0.3) is 5.91 Å². The van der Waals surface area contributed by atoms with Gasteiger partial charge in [0.15, 0.2) is 0 Å². The minimum absolute atomic E-state index is 0.0825. The highest BCUT2D eigenvalue weighted by Gasteiger charge is 2.19. The summed E-state index contributed by atoms with van der Waals surface area (Å²) in [5, 5.41) is 0.653. The number of carbonyl (C=O) groups excluding carboxylic acids is 1. The lowest BCUT2D eigenvalue weighted by molar-refractivity contribution is 0.0742.